The van der Waals surface area contributed by atoms with Gasteiger partial charge < -0.3 is 4.74 Å². The molecule has 0 aromatic heterocycles. The van der Waals surface area contributed by atoms with Crippen LogP contribution in [0.15, 0.2) is 121 Å². The van der Waals surface area contributed by atoms with E-state index >= 15 is 0 Å². The van der Waals surface area contributed by atoms with Crippen molar-refractivity contribution in [1.29, 1.82) is 0 Å². The molecule has 0 radical (unpaired) electrons. The first-order valence-corrected chi connectivity index (χ1v) is 14.8. The number of imide groups is 1. The van der Waals surface area contributed by atoms with Crippen LogP contribution in [0, 0.1) is 0 Å². The molecule has 4 aromatic rings. The first kappa shape index (κ1) is 28.5. The van der Waals surface area contributed by atoms with Gasteiger partial charge in [0.1, 0.15) is 5.60 Å². The summed E-state index contributed by atoms with van der Waals surface area (Å²) in [6.45, 7) is 2.42. The van der Waals surface area contributed by atoms with E-state index < -0.39 is 5.60 Å². The molecule has 1 saturated heterocycles. The molecule has 41 heavy (non-hydrogen) atoms. The smallest absolute Gasteiger partial charge is 0.230 e. The van der Waals surface area contributed by atoms with Gasteiger partial charge in [0.15, 0.2) is 0 Å². The van der Waals surface area contributed by atoms with Gasteiger partial charge in [-0.25, -0.2) is 0 Å². The van der Waals surface area contributed by atoms with E-state index in [1.165, 1.54) is 4.90 Å². The summed E-state index contributed by atoms with van der Waals surface area (Å²) in [6, 6.07) is 40.6. The summed E-state index contributed by atoms with van der Waals surface area (Å²) < 4.78 is 7.01. The van der Waals surface area contributed by atoms with Crippen LogP contribution in [0.25, 0.3) is 0 Å². The Morgan fingerprint density at radius 1 is 0.805 bits per heavy atom. The van der Waals surface area contributed by atoms with E-state index in [0.29, 0.717) is 19.3 Å². The molecular weight excluding hydrogens is 506 g/mol. The largest absolute Gasteiger partial charge is 0.359 e. The molecule has 1 aliphatic heterocycles. The van der Waals surface area contributed by atoms with E-state index in [4.69, 9.17) is 4.74 Å². The fourth-order valence-corrected chi connectivity index (χ4v) is 6.11. The number of hydrogen-bond acceptors (Lipinski definition) is 3. The maximum atomic E-state index is 13.8. The van der Waals surface area contributed by atoms with E-state index in [9.17, 15) is 9.59 Å². The molecule has 0 saturated carbocycles. The summed E-state index contributed by atoms with van der Waals surface area (Å²) in [7, 11) is 0. The van der Waals surface area contributed by atoms with E-state index in [0.717, 1.165) is 41.5 Å². The van der Waals surface area contributed by atoms with Crippen molar-refractivity contribution in [3.63, 3.8) is 0 Å². The lowest BCUT2D eigenvalue weighted by atomic mass is 9.80. The Balaban J connectivity index is 1.44. The number of benzene rings is 4. The summed E-state index contributed by atoms with van der Waals surface area (Å²) in [6.07, 6.45) is 4.32. The lowest BCUT2D eigenvalue weighted by Crippen LogP contribution is -2.44. The van der Waals surface area contributed by atoms with Crippen LogP contribution < -0.4 is 0 Å². The third kappa shape index (κ3) is 6.34. The second-order valence-electron chi connectivity index (χ2n) is 10.9. The average Bonchev–Trinajstić information content (AvgIpc) is 3.41. The highest BCUT2D eigenvalue weighted by Crippen LogP contribution is 2.41. The third-order valence-electron chi connectivity index (χ3n) is 8.23. The van der Waals surface area contributed by atoms with Crippen LogP contribution in [0.3, 0.4) is 0 Å². The van der Waals surface area contributed by atoms with Crippen LogP contribution in [0.5, 0.6) is 0 Å². The number of likely N-dealkylation sites (tertiary alicyclic amines) is 1. The van der Waals surface area contributed by atoms with Crippen molar-refractivity contribution >= 4 is 11.8 Å². The van der Waals surface area contributed by atoms with Gasteiger partial charge in [0, 0.05) is 12.8 Å². The zero-order valence-electron chi connectivity index (χ0n) is 23.8. The van der Waals surface area contributed by atoms with Gasteiger partial charge >= 0.3 is 0 Å². The molecule has 4 nitrogen and oxygen atoms in total. The molecule has 210 valence electrons. The molecule has 1 fully saturated rings. The van der Waals surface area contributed by atoms with Crippen molar-refractivity contribution in [2.75, 3.05) is 6.61 Å². The second-order valence-corrected chi connectivity index (χ2v) is 10.9. The monoisotopic (exact) mass is 545 g/mol. The number of ether oxygens (including phenoxy) is 1. The van der Waals surface area contributed by atoms with Crippen LogP contribution >= 0.6 is 0 Å². The number of unbranched alkanes of at least 4 members (excludes halogenated alkanes) is 1. The summed E-state index contributed by atoms with van der Waals surface area (Å²) >= 11 is 0. The van der Waals surface area contributed by atoms with E-state index in [1.807, 2.05) is 72.8 Å². The van der Waals surface area contributed by atoms with Crippen molar-refractivity contribution in [2.45, 2.75) is 63.0 Å². The summed E-state index contributed by atoms with van der Waals surface area (Å²) in [5.74, 6) is -0.109. The Hall–Kier alpha value is -4.02. The van der Waals surface area contributed by atoms with E-state index in [2.05, 4.69) is 55.5 Å². The second kappa shape index (κ2) is 13.6. The van der Waals surface area contributed by atoms with Crippen molar-refractivity contribution in [2.24, 2.45) is 0 Å². The van der Waals surface area contributed by atoms with Crippen LogP contribution in [0.2, 0.25) is 0 Å². The van der Waals surface area contributed by atoms with Gasteiger partial charge in [-0.2, -0.15) is 0 Å². The average molecular weight is 546 g/mol. The zero-order valence-corrected chi connectivity index (χ0v) is 23.8. The zero-order chi connectivity index (χ0) is 28.5. The van der Waals surface area contributed by atoms with Crippen LogP contribution in [-0.4, -0.2) is 29.4 Å². The van der Waals surface area contributed by atoms with Gasteiger partial charge in [-0.05, 0) is 41.0 Å². The predicted molar refractivity (Wildman–Crippen MR) is 163 cm³/mol. The van der Waals surface area contributed by atoms with Crippen molar-refractivity contribution < 1.29 is 14.3 Å². The SMILES string of the molecule is CCCC[C@@H](CC(=O)N1C(=O)CC[C@H]1COC(c1ccccc1)(c1ccccc1)c1ccccc1)c1ccccc1. The van der Waals surface area contributed by atoms with Gasteiger partial charge in [-0.15, -0.1) is 0 Å². The maximum Gasteiger partial charge on any atom is 0.230 e. The number of amides is 2. The molecule has 0 aliphatic carbocycles. The Morgan fingerprint density at radius 2 is 1.29 bits per heavy atom. The van der Waals surface area contributed by atoms with Gasteiger partial charge in [0.05, 0.1) is 12.6 Å². The first-order chi connectivity index (χ1) is 20.1. The van der Waals surface area contributed by atoms with Crippen LogP contribution in [-0.2, 0) is 19.9 Å². The molecule has 5 rings (SSSR count). The van der Waals surface area contributed by atoms with Crippen molar-refractivity contribution in [1.82, 2.24) is 4.90 Å². The molecule has 0 bridgehead atoms. The Labute approximate surface area is 244 Å². The van der Waals surface area contributed by atoms with Gasteiger partial charge in [-0.1, -0.05) is 141 Å². The first-order valence-electron chi connectivity index (χ1n) is 14.8. The number of carbonyl (C=O) groups is 2. The lowest BCUT2D eigenvalue weighted by molar-refractivity contribution is -0.146. The minimum atomic E-state index is -0.891. The fourth-order valence-electron chi connectivity index (χ4n) is 6.11. The highest BCUT2D eigenvalue weighted by molar-refractivity contribution is 5.97. The number of rotatable bonds is 12. The van der Waals surface area contributed by atoms with E-state index in [1.54, 1.807) is 0 Å². The summed E-state index contributed by atoms with van der Waals surface area (Å²) in [4.78, 5) is 28.4. The van der Waals surface area contributed by atoms with Crippen LogP contribution in [0.4, 0.5) is 0 Å². The molecule has 1 aliphatic rings. The van der Waals surface area contributed by atoms with Gasteiger partial charge in [-0.3, -0.25) is 14.5 Å². The quantitative estimate of drug-likeness (QED) is 0.170. The number of carbonyl (C=O) groups excluding carboxylic acids is 2. The Morgan fingerprint density at radius 3 is 1.78 bits per heavy atom. The van der Waals surface area contributed by atoms with Gasteiger partial charge in [0.2, 0.25) is 11.8 Å². The highest BCUT2D eigenvalue weighted by atomic mass is 16.5. The van der Waals surface area contributed by atoms with Crippen molar-refractivity contribution in [3.8, 4) is 0 Å². The fraction of sp³-hybridized carbons (Fsp3) is 0.297. The molecule has 4 heteroatoms. The predicted octanol–water partition coefficient (Wildman–Crippen LogP) is 7.88. The Kier molecular flexibility index (Phi) is 9.43. The molecule has 0 unspecified atom stereocenters. The minimum Gasteiger partial charge on any atom is -0.359 e. The standard InChI is InChI=1S/C37H39NO3/c1-2-3-16-30(29-17-8-4-9-18-29)27-36(40)38-34(25-26-35(38)39)28-41-37(31-19-10-5-11-20-31,32-21-12-6-13-22-32)33-23-14-7-15-24-33/h4-15,17-24,30,34H,2-3,16,25-28H2,1H3/t30-,34-/m0/s1. The molecule has 4 aromatic carbocycles. The molecule has 0 N–H and O–H groups in total. The normalized spacial score (nSPS) is 16.1. The molecule has 2 amide bonds. The highest BCUT2D eigenvalue weighted by Gasteiger charge is 2.42. The summed E-state index contributed by atoms with van der Waals surface area (Å²) in [5.41, 5.74) is 3.28. The third-order valence-corrected chi connectivity index (χ3v) is 8.23. The molecule has 1 heterocycles. The topological polar surface area (TPSA) is 46.6 Å². The lowest BCUT2D eigenvalue weighted by Gasteiger charge is -2.37. The summed E-state index contributed by atoms with van der Waals surface area (Å²) in [5, 5.41) is 0. The van der Waals surface area contributed by atoms with Crippen molar-refractivity contribution in [3.05, 3.63) is 144 Å². The molecular formula is C37H39NO3. The van der Waals surface area contributed by atoms with Crippen LogP contribution in [0.1, 0.15) is 73.6 Å². The number of nitrogens with zero attached hydrogens (tertiary/aromatic N) is 1. The molecule has 0 spiro atoms. The van der Waals surface area contributed by atoms with Gasteiger partial charge in [0.25, 0.3) is 0 Å². The van der Waals surface area contributed by atoms with E-state index in [-0.39, 0.29) is 30.4 Å². The maximum absolute atomic E-state index is 13.8. The molecule has 2 atom stereocenters. The number of hydrogen-bond donors (Lipinski definition) is 0. The Bertz CT molecular complexity index is 1290. The minimum absolute atomic E-state index is 0.0932.